The molecule has 3 rings (SSSR count). The van der Waals surface area contributed by atoms with Gasteiger partial charge in [-0.3, -0.25) is 4.79 Å². The van der Waals surface area contributed by atoms with Gasteiger partial charge in [0.15, 0.2) is 0 Å². The number of nitrogens with zero attached hydrogens (tertiary/aromatic N) is 3. The van der Waals surface area contributed by atoms with Crippen LogP contribution in [0.25, 0.3) is 10.9 Å². The molecule has 0 N–H and O–H groups in total. The van der Waals surface area contributed by atoms with Crippen LogP contribution in [0.1, 0.15) is 23.3 Å². The number of carbonyl (C=O) groups excluding carboxylic acids is 1. The first kappa shape index (κ1) is 16.3. The van der Waals surface area contributed by atoms with Crippen LogP contribution in [0.5, 0.6) is 0 Å². The third-order valence-corrected chi connectivity index (χ3v) is 4.89. The third-order valence-electron chi connectivity index (χ3n) is 4.65. The second-order valence-corrected chi connectivity index (χ2v) is 7.25. The van der Waals surface area contributed by atoms with Gasteiger partial charge in [0.2, 0.25) is 0 Å². The van der Waals surface area contributed by atoms with E-state index in [1.165, 1.54) is 6.42 Å². The van der Waals surface area contributed by atoms with Gasteiger partial charge in [0.25, 0.3) is 5.91 Å². The molecule has 1 aromatic heterocycles. The molecule has 1 aliphatic rings. The largest absolute Gasteiger partial charge is 0.340 e. The van der Waals surface area contributed by atoms with Gasteiger partial charge < -0.3 is 14.4 Å². The zero-order valence-corrected chi connectivity index (χ0v) is 14.8. The number of fused-ring (bicyclic) bond motifs is 1. The van der Waals surface area contributed by atoms with Crippen molar-refractivity contribution in [1.29, 1.82) is 0 Å². The minimum atomic E-state index is 0.128. The second kappa shape index (κ2) is 6.54. The van der Waals surface area contributed by atoms with Crippen molar-refractivity contribution in [2.24, 2.45) is 13.0 Å². The quantitative estimate of drug-likeness (QED) is 0.862. The van der Waals surface area contributed by atoms with Crippen LogP contribution in [0.3, 0.4) is 0 Å². The minimum Gasteiger partial charge on any atom is -0.340 e. The van der Waals surface area contributed by atoms with Gasteiger partial charge in [-0.1, -0.05) is 11.6 Å². The Morgan fingerprint density at radius 2 is 2.13 bits per heavy atom. The Hall–Kier alpha value is -1.52. The second-order valence-electron chi connectivity index (χ2n) is 6.81. The van der Waals surface area contributed by atoms with E-state index in [1.54, 1.807) is 0 Å². The zero-order chi connectivity index (χ0) is 16.6. The molecule has 5 heteroatoms. The Bertz CT molecular complexity index is 722. The van der Waals surface area contributed by atoms with Crippen molar-refractivity contribution in [2.45, 2.75) is 12.8 Å². The number of hydrogen-bond acceptors (Lipinski definition) is 2. The Morgan fingerprint density at radius 3 is 2.87 bits per heavy atom. The van der Waals surface area contributed by atoms with Gasteiger partial charge in [0, 0.05) is 42.6 Å². The summed E-state index contributed by atoms with van der Waals surface area (Å²) in [5, 5.41) is 1.72. The predicted octanol–water partition coefficient (Wildman–Crippen LogP) is 3.25. The highest BCUT2D eigenvalue weighted by Gasteiger charge is 2.26. The summed E-state index contributed by atoms with van der Waals surface area (Å²) in [6, 6.07) is 7.71. The third kappa shape index (κ3) is 3.38. The maximum absolute atomic E-state index is 13.0. The number of piperidine rings is 1. The smallest absolute Gasteiger partial charge is 0.270 e. The lowest BCUT2D eigenvalue weighted by Crippen LogP contribution is -2.43. The van der Waals surface area contributed by atoms with Crippen molar-refractivity contribution in [1.82, 2.24) is 14.4 Å². The molecule has 1 aromatic carbocycles. The fraction of sp³-hybridized carbons (Fsp3) is 0.500. The Labute approximate surface area is 142 Å². The molecule has 0 radical (unpaired) electrons. The number of carbonyl (C=O) groups is 1. The lowest BCUT2D eigenvalue weighted by molar-refractivity contribution is 0.0646. The van der Waals surface area contributed by atoms with E-state index in [9.17, 15) is 4.79 Å². The van der Waals surface area contributed by atoms with Crippen LogP contribution in [0.4, 0.5) is 0 Å². The fourth-order valence-corrected chi connectivity index (χ4v) is 3.78. The van der Waals surface area contributed by atoms with Gasteiger partial charge >= 0.3 is 0 Å². The highest BCUT2D eigenvalue weighted by Crippen LogP contribution is 2.25. The SMILES string of the molecule is CN(C)C[C@H]1CCCN(C(=O)c2cc3cc(Cl)ccc3n2C)C1. The number of aryl methyl sites for hydroxylation is 1. The van der Waals surface area contributed by atoms with Gasteiger partial charge in [0.05, 0.1) is 0 Å². The van der Waals surface area contributed by atoms with Crippen LogP contribution < -0.4 is 0 Å². The Kier molecular flexibility index (Phi) is 4.64. The first-order chi connectivity index (χ1) is 11.0. The highest BCUT2D eigenvalue weighted by atomic mass is 35.5. The molecule has 1 amide bonds. The summed E-state index contributed by atoms with van der Waals surface area (Å²) in [5.74, 6) is 0.690. The Balaban J connectivity index is 1.83. The molecule has 2 heterocycles. The lowest BCUT2D eigenvalue weighted by Gasteiger charge is -2.34. The number of benzene rings is 1. The summed E-state index contributed by atoms with van der Waals surface area (Å²) in [6.45, 7) is 2.73. The molecule has 0 bridgehead atoms. The normalized spacial score (nSPS) is 18.8. The van der Waals surface area contributed by atoms with Crippen molar-refractivity contribution in [3.05, 3.63) is 35.0 Å². The van der Waals surface area contributed by atoms with Crippen LogP contribution in [0.15, 0.2) is 24.3 Å². The lowest BCUT2D eigenvalue weighted by atomic mass is 9.97. The van der Waals surface area contributed by atoms with E-state index in [0.29, 0.717) is 10.9 Å². The van der Waals surface area contributed by atoms with Crippen LogP contribution in [0.2, 0.25) is 5.02 Å². The number of amides is 1. The molecule has 23 heavy (non-hydrogen) atoms. The van der Waals surface area contributed by atoms with Gasteiger partial charge in [-0.15, -0.1) is 0 Å². The van der Waals surface area contributed by atoms with E-state index in [0.717, 1.165) is 42.7 Å². The number of likely N-dealkylation sites (tertiary alicyclic amines) is 1. The molecular weight excluding hydrogens is 310 g/mol. The molecule has 0 aliphatic carbocycles. The summed E-state index contributed by atoms with van der Waals surface area (Å²) in [5.41, 5.74) is 1.78. The van der Waals surface area contributed by atoms with Gasteiger partial charge in [-0.05, 0) is 57.1 Å². The fourth-order valence-electron chi connectivity index (χ4n) is 3.60. The number of hydrogen-bond donors (Lipinski definition) is 0. The predicted molar refractivity (Wildman–Crippen MR) is 95.1 cm³/mol. The zero-order valence-electron chi connectivity index (χ0n) is 14.1. The average Bonchev–Trinajstić information content (AvgIpc) is 2.82. The van der Waals surface area contributed by atoms with Crippen LogP contribution in [-0.4, -0.2) is 54.0 Å². The maximum Gasteiger partial charge on any atom is 0.270 e. The van der Waals surface area contributed by atoms with E-state index in [2.05, 4.69) is 19.0 Å². The molecule has 124 valence electrons. The molecule has 0 unspecified atom stereocenters. The molecule has 1 atom stereocenters. The standard InChI is InChI=1S/C18H24ClN3O/c1-20(2)11-13-5-4-8-22(12-13)18(23)17-10-14-9-15(19)6-7-16(14)21(17)3/h6-7,9-10,13H,4-5,8,11-12H2,1-3H3/t13-/m1/s1. The van der Waals surface area contributed by atoms with Crippen molar-refractivity contribution < 1.29 is 4.79 Å². The molecule has 0 spiro atoms. The van der Waals surface area contributed by atoms with Crippen molar-refractivity contribution >= 4 is 28.4 Å². The van der Waals surface area contributed by atoms with Crippen molar-refractivity contribution in [3.8, 4) is 0 Å². The minimum absolute atomic E-state index is 0.128. The van der Waals surface area contributed by atoms with E-state index < -0.39 is 0 Å². The van der Waals surface area contributed by atoms with E-state index in [1.807, 2.05) is 40.8 Å². The number of halogens is 1. The number of rotatable bonds is 3. The van der Waals surface area contributed by atoms with Crippen LogP contribution in [-0.2, 0) is 7.05 Å². The Morgan fingerprint density at radius 1 is 1.35 bits per heavy atom. The summed E-state index contributed by atoms with van der Waals surface area (Å²) in [6.07, 6.45) is 2.28. The summed E-state index contributed by atoms with van der Waals surface area (Å²) in [7, 11) is 6.13. The summed E-state index contributed by atoms with van der Waals surface area (Å²) >= 11 is 6.07. The average molecular weight is 334 g/mol. The molecule has 1 aliphatic heterocycles. The van der Waals surface area contributed by atoms with Crippen LogP contribution >= 0.6 is 11.6 Å². The summed E-state index contributed by atoms with van der Waals surface area (Å²) < 4.78 is 1.98. The molecule has 2 aromatic rings. The van der Waals surface area contributed by atoms with Crippen molar-refractivity contribution in [3.63, 3.8) is 0 Å². The molecule has 4 nitrogen and oxygen atoms in total. The van der Waals surface area contributed by atoms with E-state index in [4.69, 9.17) is 11.6 Å². The first-order valence-corrected chi connectivity index (χ1v) is 8.52. The van der Waals surface area contributed by atoms with E-state index in [-0.39, 0.29) is 5.91 Å². The number of aromatic nitrogens is 1. The molecule has 1 saturated heterocycles. The maximum atomic E-state index is 13.0. The van der Waals surface area contributed by atoms with Crippen LogP contribution in [0, 0.1) is 5.92 Å². The van der Waals surface area contributed by atoms with Gasteiger partial charge in [0.1, 0.15) is 5.69 Å². The first-order valence-electron chi connectivity index (χ1n) is 8.14. The topological polar surface area (TPSA) is 28.5 Å². The molecule has 1 fully saturated rings. The van der Waals surface area contributed by atoms with Gasteiger partial charge in [-0.25, -0.2) is 0 Å². The van der Waals surface area contributed by atoms with Crippen molar-refractivity contribution in [2.75, 3.05) is 33.7 Å². The highest BCUT2D eigenvalue weighted by molar-refractivity contribution is 6.31. The molecular formula is C18H24ClN3O. The summed E-state index contributed by atoms with van der Waals surface area (Å²) in [4.78, 5) is 17.2. The molecule has 0 saturated carbocycles. The van der Waals surface area contributed by atoms with E-state index >= 15 is 0 Å². The van der Waals surface area contributed by atoms with Gasteiger partial charge in [-0.2, -0.15) is 0 Å². The monoisotopic (exact) mass is 333 g/mol.